The first kappa shape index (κ1) is 12.9. The van der Waals surface area contributed by atoms with Crippen molar-refractivity contribution in [2.24, 2.45) is 0 Å². The van der Waals surface area contributed by atoms with E-state index in [-0.39, 0.29) is 31.0 Å². The fourth-order valence-electron chi connectivity index (χ4n) is 0.0623. The fourth-order valence-corrected chi connectivity index (χ4v) is 0.561. The molecule has 9 heavy (non-hydrogen) atoms. The zero-order chi connectivity index (χ0) is 6.78. The number of hydrogen-bond donors (Lipinski definition) is 2. The molecule has 0 fully saturated rings. The smallest absolute Gasteiger partial charge is 1.00 e. The maximum Gasteiger partial charge on any atom is 1.00 e. The molecule has 0 rings (SSSR count). The van der Waals surface area contributed by atoms with Crippen LogP contribution in [0.3, 0.4) is 0 Å². The van der Waals surface area contributed by atoms with Crippen molar-refractivity contribution in [3.63, 3.8) is 0 Å². The van der Waals surface area contributed by atoms with Crippen molar-refractivity contribution in [3.8, 4) is 0 Å². The molecule has 0 saturated carbocycles. The molecule has 0 aromatic rings. The molecule has 1 unspecified atom stereocenters. The summed E-state index contributed by atoms with van der Waals surface area (Å²) < 4.78 is 23.9. The van der Waals surface area contributed by atoms with E-state index in [2.05, 4.69) is 16.5 Å². The molecule has 0 aromatic heterocycles. The van der Waals surface area contributed by atoms with Crippen LogP contribution in [0.15, 0.2) is 0 Å². The Morgan fingerprint density at radius 3 is 2.11 bits per heavy atom. The molecule has 0 bridgehead atoms. The van der Waals surface area contributed by atoms with Gasteiger partial charge in [0.25, 0.3) is 0 Å². The van der Waals surface area contributed by atoms with Crippen LogP contribution in [0, 0.1) is 0 Å². The van der Waals surface area contributed by atoms with Gasteiger partial charge in [-0.05, 0) is 19.8 Å². The van der Waals surface area contributed by atoms with Crippen molar-refractivity contribution in [3.05, 3.63) is 0 Å². The summed E-state index contributed by atoms with van der Waals surface area (Å²) in [5, 5.41) is 8.32. The molecule has 1 atom stereocenters. The van der Waals surface area contributed by atoms with Gasteiger partial charge < -0.3 is 6.53 Å². The van der Waals surface area contributed by atoms with Gasteiger partial charge in [0, 0.05) is 0 Å². The summed E-state index contributed by atoms with van der Waals surface area (Å²) in [6.07, 6.45) is 0. The van der Waals surface area contributed by atoms with Crippen molar-refractivity contribution in [2.45, 2.75) is 12.4 Å². The Hall–Kier alpha value is 1.22. The van der Waals surface area contributed by atoms with Gasteiger partial charge in [-0.1, -0.05) is 0 Å². The van der Waals surface area contributed by atoms with E-state index in [1.165, 1.54) is 0 Å². The average molecular weight is 182 g/mol. The van der Waals surface area contributed by atoms with Gasteiger partial charge in [0.15, 0.2) is 5.44 Å². The van der Waals surface area contributed by atoms with E-state index in [1.807, 2.05) is 0 Å². The largest absolute Gasteiger partial charge is 1.00 e. The predicted octanol–water partition coefficient (Wildman–Crippen LogP) is -3.37. The summed E-state index contributed by atoms with van der Waals surface area (Å²) in [6, 6.07) is 0. The van der Waals surface area contributed by atoms with Crippen LogP contribution >= 0.6 is 12.9 Å². The Morgan fingerprint density at radius 2 is 2.11 bits per heavy atom. The van der Waals surface area contributed by atoms with Crippen LogP contribution in [0.5, 0.6) is 0 Å². The van der Waals surface area contributed by atoms with Crippen molar-refractivity contribution in [2.75, 3.05) is 0 Å². The number of hydrogen-bond acceptors (Lipinski definition) is 5. The normalized spacial score (nSPS) is 14.1. The van der Waals surface area contributed by atoms with Crippen molar-refractivity contribution in [1.29, 1.82) is 0 Å². The summed E-state index contributed by atoms with van der Waals surface area (Å²) in [4.78, 5) is 0. The molecule has 0 saturated heterocycles. The Kier molecular flexibility index (Phi) is 7.07. The Labute approximate surface area is 83.1 Å². The zero-order valence-corrected chi connectivity index (χ0v) is 8.82. The Morgan fingerprint density at radius 1 is 1.78 bits per heavy atom. The zero-order valence-electron chi connectivity index (χ0n) is 6.10. The summed E-state index contributed by atoms with van der Waals surface area (Å²) in [7, 11) is -3.82. The van der Waals surface area contributed by atoms with E-state index in [0.29, 0.717) is 0 Å². The van der Waals surface area contributed by atoms with Crippen LogP contribution in [-0.2, 0) is 13.7 Å². The monoisotopic (exact) mass is 182 g/mol. The van der Waals surface area contributed by atoms with Crippen LogP contribution in [0.1, 0.15) is 8.35 Å². The number of aliphatic hydroxyl groups excluding tert-OH is 1. The summed E-state index contributed by atoms with van der Waals surface area (Å²) in [5.74, 6) is 0. The molecular weight excluding hydrogens is 175 g/mol. The number of thiol groups is 1. The molecule has 0 spiro atoms. The molecule has 4 nitrogen and oxygen atoms in total. The van der Waals surface area contributed by atoms with E-state index in [1.54, 1.807) is 0 Å². The quantitative estimate of drug-likeness (QED) is 0.266. The molecule has 0 aliphatic heterocycles. The second-order valence-corrected chi connectivity index (χ2v) is 3.43. The Balaban J connectivity index is -0.000000245. The summed E-state index contributed by atoms with van der Waals surface area (Å²) in [6.45, 7) is 1.07. The average Bonchev–Trinajstić information content (AvgIpc) is 1.67. The molecule has 52 valence electrons. The molecular formula is C2H7NaO4S2. The van der Waals surface area contributed by atoms with Gasteiger partial charge >= 0.3 is 39.7 Å². The third-order valence-corrected chi connectivity index (χ3v) is 2.19. The third-order valence-electron chi connectivity index (χ3n) is 0.522. The number of rotatable bonds is 2. The van der Waals surface area contributed by atoms with Crippen LogP contribution in [-0.4, -0.2) is 19.0 Å². The van der Waals surface area contributed by atoms with Gasteiger partial charge in [0.2, 0.25) is 0 Å². The Bertz CT molecular complexity index is 155. The standard InChI is InChI=1S/C2H6O4S2.Na.H/c1-2(3)8(4,5)6-7;;/h2-3,7H,1H3;;/q;+1;-1. The van der Waals surface area contributed by atoms with Crippen molar-refractivity contribution < 1.29 is 48.1 Å². The molecule has 0 amide bonds. The molecule has 0 heterocycles. The molecule has 0 radical (unpaired) electrons. The predicted molar refractivity (Wildman–Crippen MR) is 31.8 cm³/mol. The maximum atomic E-state index is 10.2. The van der Waals surface area contributed by atoms with E-state index in [0.717, 1.165) is 6.92 Å². The fraction of sp³-hybridized carbons (Fsp3) is 1.00. The second kappa shape index (κ2) is 4.95. The molecule has 7 heteroatoms. The first-order valence-corrected chi connectivity index (χ1v) is 3.59. The molecule has 0 aliphatic carbocycles. The SMILES string of the molecule is CC(O)S(=O)(=O)OS.[H-].[Na+]. The first-order chi connectivity index (χ1) is 3.50. The van der Waals surface area contributed by atoms with Crippen LogP contribution in [0.2, 0.25) is 0 Å². The van der Waals surface area contributed by atoms with Gasteiger partial charge in [-0.15, -0.1) is 0 Å². The van der Waals surface area contributed by atoms with Crippen molar-refractivity contribution >= 4 is 23.0 Å². The van der Waals surface area contributed by atoms with Gasteiger partial charge in [-0.2, -0.15) is 12.0 Å². The topological polar surface area (TPSA) is 63.6 Å². The first-order valence-electron chi connectivity index (χ1n) is 1.75. The minimum absolute atomic E-state index is 0. The molecule has 0 aliphatic rings. The third kappa shape index (κ3) is 4.60. The maximum absolute atomic E-state index is 10.2. The number of aliphatic hydroxyl groups is 1. The van der Waals surface area contributed by atoms with E-state index >= 15 is 0 Å². The van der Waals surface area contributed by atoms with E-state index in [9.17, 15) is 8.42 Å². The minimum atomic E-state index is -3.82. The van der Waals surface area contributed by atoms with Crippen LogP contribution < -0.4 is 29.6 Å². The van der Waals surface area contributed by atoms with Crippen molar-refractivity contribution in [1.82, 2.24) is 0 Å². The van der Waals surface area contributed by atoms with Gasteiger partial charge in [0.1, 0.15) is 0 Å². The summed E-state index contributed by atoms with van der Waals surface area (Å²) >= 11 is 2.99. The van der Waals surface area contributed by atoms with Gasteiger partial charge in [0.05, 0.1) is 0 Å². The van der Waals surface area contributed by atoms with Gasteiger partial charge in [-0.25, -0.2) is 0 Å². The van der Waals surface area contributed by atoms with Gasteiger partial charge in [-0.3, -0.25) is 0 Å². The molecule has 0 aromatic carbocycles. The van der Waals surface area contributed by atoms with Crippen LogP contribution in [0.4, 0.5) is 0 Å². The minimum Gasteiger partial charge on any atom is -1.00 e. The summed E-state index contributed by atoms with van der Waals surface area (Å²) in [5.41, 5.74) is -1.51. The van der Waals surface area contributed by atoms with Crippen LogP contribution in [0.25, 0.3) is 0 Å². The molecule has 1 N–H and O–H groups in total. The van der Waals surface area contributed by atoms with E-state index in [4.69, 9.17) is 5.11 Å². The second-order valence-electron chi connectivity index (χ2n) is 1.17. The van der Waals surface area contributed by atoms with E-state index < -0.39 is 15.6 Å².